The number of methoxy groups -OCH3 is 1. The van der Waals surface area contributed by atoms with Crippen LogP contribution in [0.5, 0.6) is 5.75 Å². The smallest absolute Gasteiger partial charge is 0.453 e. The maximum absolute atomic E-state index is 14.4. The van der Waals surface area contributed by atoms with Crippen molar-refractivity contribution in [3.8, 4) is 16.9 Å². The number of carbonyl (C=O) groups excluding carboxylic acids is 4. The van der Waals surface area contributed by atoms with Gasteiger partial charge in [0.15, 0.2) is 0 Å². The van der Waals surface area contributed by atoms with Crippen molar-refractivity contribution in [3.05, 3.63) is 88.3 Å². The lowest BCUT2D eigenvalue weighted by atomic mass is 9.90. The first kappa shape index (κ1) is 51.6. The minimum atomic E-state index is -5.05. The summed E-state index contributed by atoms with van der Waals surface area (Å²) >= 11 is 6.63. The molecular weight excluding hydrogens is 903 g/mol. The molecule has 4 heterocycles. The van der Waals surface area contributed by atoms with Crippen molar-refractivity contribution in [1.82, 2.24) is 25.4 Å². The number of amides is 4. The van der Waals surface area contributed by atoms with Crippen LogP contribution in [-0.4, -0.2) is 110 Å². The number of benzene rings is 2. The summed E-state index contributed by atoms with van der Waals surface area (Å²) in [5.74, 6) is -0.567. The number of rotatable bonds is 13. The number of anilines is 2. The van der Waals surface area contributed by atoms with E-state index in [2.05, 4.69) is 32.6 Å². The number of alkyl halides is 3. The first-order valence-corrected chi connectivity index (χ1v) is 23.4. The minimum absolute atomic E-state index is 0.0148. The fourth-order valence-electron chi connectivity index (χ4n) is 8.83. The Morgan fingerprint density at radius 2 is 1.63 bits per heavy atom. The summed E-state index contributed by atoms with van der Waals surface area (Å²) in [7, 11) is 1.28. The van der Waals surface area contributed by atoms with E-state index in [0.29, 0.717) is 76.6 Å². The Kier molecular flexibility index (Phi) is 16.8. The summed E-state index contributed by atoms with van der Waals surface area (Å²) < 4.78 is 56.5. The molecule has 3 fully saturated rings. The summed E-state index contributed by atoms with van der Waals surface area (Å²) in [5.41, 5.74) is 3.55. The zero-order valence-electron chi connectivity index (χ0n) is 40.0. The average Bonchev–Trinajstić information content (AvgIpc) is 3.71. The van der Waals surface area contributed by atoms with Crippen molar-refractivity contribution in [3.63, 3.8) is 0 Å². The summed E-state index contributed by atoms with van der Waals surface area (Å²) in [6.07, 6.45) is 0.222. The topological polar surface area (TPSA) is 155 Å². The molecule has 3 saturated heterocycles. The highest BCUT2D eigenvalue weighted by atomic mass is 35.5. The fraction of sp³-hybridized carbons (Fsp3) is 0.500. The van der Waals surface area contributed by atoms with E-state index in [-0.39, 0.29) is 51.5 Å². The molecule has 0 bridgehead atoms. The lowest BCUT2D eigenvalue weighted by Crippen LogP contribution is -2.55. The Morgan fingerprint density at radius 3 is 2.22 bits per heavy atom. The van der Waals surface area contributed by atoms with E-state index in [4.69, 9.17) is 21.1 Å². The highest BCUT2D eigenvalue weighted by Gasteiger charge is 2.42. The van der Waals surface area contributed by atoms with Gasteiger partial charge in [-0.25, -0.2) is 9.78 Å². The number of pyridine rings is 1. The third-order valence-electron chi connectivity index (χ3n) is 12.8. The van der Waals surface area contributed by atoms with Gasteiger partial charge in [0.1, 0.15) is 17.6 Å². The highest BCUT2D eigenvalue weighted by Crippen LogP contribution is 2.41. The van der Waals surface area contributed by atoms with Gasteiger partial charge < -0.3 is 44.9 Å². The molecule has 3 aliphatic heterocycles. The number of nitrogens with zero attached hydrogens (tertiary/aromatic N) is 4. The van der Waals surface area contributed by atoms with Crippen LogP contribution in [0.25, 0.3) is 16.7 Å². The minimum Gasteiger partial charge on any atom is -0.453 e. The molecule has 3 aromatic rings. The van der Waals surface area contributed by atoms with Gasteiger partial charge in [-0.15, -0.1) is 13.2 Å². The molecule has 14 nitrogen and oxygen atoms in total. The van der Waals surface area contributed by atoms with E-state index >= 15 is 0 Å². The van der Waals surface area contributed by atoms with Crippen molar-refractivity contribution < 1.29 is 46.6 Å². The van der Waals surface area contributed by atoms with E-state index < -0.39 is 35.6 Å². The Bertz CT molecular complexity index is 2360. The van der Waals surface area contributed by atoms with Crippen molar-refractivity contribution in [1.29, 1.82) is 0 Å². The molecule has 3 unspecified atom stereocenters. The normalized spacial score (nSPS) is 19.2. The number of hydrogen-bond acceptors (Lipinski definition) is 10. The number of piperazine rings is 1. The maximum Gasteiger partial charge on any atom is 0.573 e. The molecule has 68 heavy (non-hydrogen) atoms. The molecule has 2 aromatic carbocycles. The molecular formula is C50H63ClF3N7O7. The molecule has 3 aliphatic rings. The van der Waals surface area contributed by atoms with Gasteiger partial charge >= 0.3 is 12.5 Å². The summed E-state index contributed by atoms with van der Waals surface area (Å²) in [5, 5.41) is 8.91. The van der Waals surface area contributed by atoms with Crippen LogP contribution in [0, 0.1) is 17.3 Å². The predicted molar refractivity (Wildman–Crippen MR) is 256 cm³/mol. The fourth-order valence-corrected chi connectivity index (χ4v) is 9.04. The second kappa shape index (κ2) is 22.1. The zero-order chi connectivity index (χ0) is 49.5. The number of likely N-dealkylation sites (tertiary alicyclic amines) is 1. The van der Waals surface area contributed by atoms with Gasteiger partial charge in [-0.3, -0.25) is 14.4 Å². The molecule has 0 saturated carbocycles. The molecule has 0 spiro atoms. The van der Waals surface area contributed by atoms with E-state index in [9.17, 15) is 32.3 Å². The van der Waals surface area contributed by atoms with Gasteiger partial charge in [-0.05, 0) is 86.3 Å². The summed E-state index contributed by atoms with van der Waals surface area (Å²) in [4.78, 5) is 63.0. The second-order valence-electron chi connectivity index (χ2n) is 18.8. The zero-order valence-corrected chi connectivity index (χ0v) is 40.8. The van der Waals surface area contributed by atoms with Crippen molar-refractivity contribution in [2.24, 2.45) is 17.3 Å². The van der Waals surface area contributed by atoms with E-state index in [0.717, 1.165) is 34.9 Å². The number of alkyl carbamates (subject to hydrolysis) is 1. The van der Waals surface area contributed by atoms with Crippen LogP contribution in [0.3, 0.4) is 0 Å². The third-order valence-corrected chi connectivity index (χ3v) is 13.1. The molecule has 4 amide bonds. The predicted octanol–water partition coefficient (Wildman–Crippen LogP) is 9.27. The van der Waals surface area contributed by atoms with Crippen LogP contribution in [0.2, 0.25) is 5.02 Å². The van der Waals surface area contributed by atoms with Crippen molar-refractivity contribution in [2.45, 2.75) is 92.6 Å². The van der Waals surface area contributed by atoms with E-state index in [1.54, 1.807) is 36.4 Å². The molecule has 0 aliphatic carbocycles. The Balaban J connectivity index is 1.16. The molecule has 6 rings (SSSR count). The van der Waals surface area contributed by atoms with Crippen molar-refractivity contribution in [2.75, 3.05) is 63.3 Å². The number of halogens is 4. The molecule has 1 aromatic heterocycles. The van der Waals surface area contributed by atoms with Gasteiger partial charge in [0.25, 0.3) is 5.91 Å². The maximum atomic E-state index is 14.4. The number of hydrogen-bond donors (Lipinski definition) is 3. The number of nitrogens with one attached hydrogen (secondary N) is 3. The van der Waals surface area contributed by atoms with Crippen LogP contribution in [0.4, 0.5) is 29.5 Å². The van der Waals surface area contributed by atoms with Gasteiger partial charge in [-0.2, -0.15) is 0 Å². The number of ether oxygens (including phenoxy) is 3. The van der Waals surface area contributed by atoms with Crippen molar-refractivity contribution >= 4 is 52.5 Å². The SMILES string of the molecule is CC/C(C)=C(\N/C=C(\C)c1ccc(-c2cc(Cl)c(NC(=O)c3ccc(N4CCN(C(=O)C(C)(C)C)CC4)nc3)cc2OC(F)(F)F)cc1)C1CC(C)CN1C(=O)C(NC(=O)OC)C1CCOCC1. The standard InChI is InChI=1S/C50H63ClF3N7O7/c1-9-31(3)43(40-24-30(2)29-61(40)46(63)44(58-48(65)66-8)35-16-22-67-23-17-35)56-27-32(4)33-10-12-34(13-11-33)37-25-38(51)39(26-41(37)68-50(52,53)54)57-45(62)36-14-15-42(55-28-36)59-18-20-60(21-19-59)47(64)49(5,6)7/h10-15,25-28,30,35,40,44,56H,9,16-24,29H2,1-8H3,(H,57,62)(H,58,65)/b32-27+,43-31-. The number of allylic oxidation sites excluding steroid dienone is 2. The monoisotopic (exact) mass is 965 g/mol. The average molecular weight is 967 g/mol. The van der Waals surface area contributed by atoms with E-state index in [1.165, 1.54) is 19.4 Å². The molecule has 368 valence electrons. The van der Waals surface area contributed by atoms with E-state index in [1.807, 2.05) is 62.4 Å². The molecule has 18 heteroatoms. The molecule has 3 N–H and O–H groups in total. The lowest BCUT2D eigenvalue weighted by molar-refractivity contribution is -0.274. The number of carbonyl (C=O) groups is 4. The number of aromatic nitrogens is 1. The third kappa shape index (κ3) is 12.8. The van der Waals surface area contributed by atoms with Gasteiger partial charge in [0.05, 0.1) is 29.4 Å². The molecule has 3 atom stereocenters. The first-order valence-electron chi connectivity index (χ1n) is 23.0. The van der Waals surface area contributed by atoms with Crippen LogP contribution in [0.1, 0.15) is 90.1 Å². The Hall–Kier alpha value is -5.81. The van der Waals surface area contributed by atoms with Gasteiger partial charge in [0, 0.05) is 81.1 Å². The quantitative estimate of drug-likeness (QED) is 0.151. The Morgan fingerprint density at radius 1 is 0.971 bits per heavy atom. The van der Waals surface area contributed by atoms with Gasteiger partial charge in [-0.1, -0.05) is 76.1 Å². The van der Waals surface area contributed by atoms with Crippen LogP contribution in [-0.2, 0) is 19.1 Å². The summed E-state index contributed by atoms with van der Waals surface area (Å²) in [6.45, 7) is 17.5. The largest absolute Gasteiger partial charge is 0.573 e. The first-order chi connectivity index (χ1) is 32.2. The Labute approximate surface area is 401 Å². The van der Waals surface area contributed by atoms with Crippen LogP contribution < -0.4 is 25.6 Å². The van der Waals surface area contributed by atoms with Crippen LogP contribution in [0.15, 0.2) is 72.2 Å². The second-order valence-corrected chi connectivity index (χ2v) is 19.2. The van der Waals surface area contributed by atoms with Crippen LogP contribution >= 0.6 is 11.6 Å². The highest BCUT2D eigenvalue weighted by molar-refractivity contribution is 6.34. The molecule has 0 radical (unpaired) electrons. The van der Waals surface area contributed by atoms with Gasteiger partial charge in [0.2, 0.25) is 11.8 Å². The summed E-state index contributed by atoms with van der Waals surface area (Å²) in [6, 6.07) is 11.4. The lowest BCUT2D eigenvalue weighted by Gasteiger charge is -2.38.